The van der Waals surface area contributed by atoms with E-state index in [-0.39, 0.29) is 12.4 Å². The minimum atomic E-state index is -3.92. The van der Waals surface area contributed by atoms with Crippen molar-refractivity contribution in [3.05, 3.63) is 5.82 Å². The summed E-state index contributed by atoms with van der Waals surface area (Å²) in [6.07, 6.45) is 1.65. The summed E-state index contributed by atoms with van der Waals surface area (Å²) in [4.78, 5) is 11.2. The Labute approximate surface area is 115 Å². The number of hydrogen-bond donors (Lipinski definition) is 3. The Balaban J connectivity index is 2.14. The lowest BCUT2D eigenvalue weighted by Gasteiger charge is -2.32. The van der Waals surface area contributed by atoms with Gasteiger partial charge in [0.25, 0.3) is 10.2 Å². The van der Waals surface area contributed by atoms with Gasteiger partial charge >= 0.3 is 5.97 Å². The van der Waals surface area contributed by atoms with Crippen LogP contribution < -0.4 is 4.72 Å². The number of hydrogen-bond acceptors (Lipinski definition) is 6. The maximum Gasteiger partial charge on any atom is 0.322 e. The summed E-state index contributed by atoms with van der Waals surface area (Å²) in [5.41, 5.74) is 0. The van der Waals surface area contributed by atoms with Crippen molar-refractivity contribution >= 4 is 16.2 Å². The summed E-state index contributed by atoms with van der Waals surface area (Å²) >= 11 is 0. The third kappa shape index (κ3) is 3.11. The molecule has 1 saturated heterocycles. The summed E-state index contributed by atoms with van der Waals surface area (Å²) in [7, 11) is -3.92. The second-order valence-corrected chi connectivity index (χ2v) is 6.23. The quantitative estimate of drug-likeness (QED) is 0.635. The predicted octanol–water partition coefficient (Wildman–Crippen LogP) is -0.966. The van der Waals surface area contributed by atoms with Gasteiger partial charge in [0, 0.05) is 6.54 Å². The SMILES string of the molecule is CC(NS(=O)(=O)N1CCCCC1C(=O)O)c1nn[nH]n1. The maximum atomic E-state index is 12.3. The largest absolute Gasteiger partial charge is 0.480 e. The van der Waals surface area contributed by atoms with Gasteiger partial charge in [-0.3, -0.25) is 4.79 Å². The average Bonchev–Trinajstić information content (AvgIpc) is 2.92. The topological polar surface area (TPSA) is 141 Å². The first kappa shape index (κ1) is 14.8. The van der Waals surface area contributed by atoms with E-state index in [1.807, 2.05) is 0 Å². The molecule has 0 saturated carbocycles. The highest BCUT2D eigenvalue weighted by Crippen LogP contribution is 2.21. The Morgan fingerprint density at radius 3 is 2.90 bits per heavy atom. The molecule has 0 aliphatic carbocycles. The third-order valence-corrected chi connectivity index (χ3v) is 4.83. The van der Waals surface area contributed by atoms with Crippen LogP contribution in [0.15, 0.2) is 0 Å². The van der Waals surface area contributed by atoms with Gasteiger partial charge in [-0.15, -0.1) is 10.2 Å². The van der Waals surface area contributed by atoms with Gasteiger partial charge in [0.15, 0.2) is 5.82 Å². The fourth-order valence-electron chi connectivity index (χ4n) is 2.14. The van der Waals surface area contributed by atoms with E-state index in [0.29, 0.717) is 19.3 Å². The molecule has 1 aliphatic rings. The molecule has 11 heteroatoms. The first-order chi connectivity index (χ1) is 9.42. The Morgan fingerprint density at radius 1 is 1.55 bits per heavy atom. The van der Waals surface area contributed by atoms with Crippen molar-refractivity contribution in [2.24, 2.45) is 0 Å². The van der Waals surface area contributed by atoms with Crippen LogP contribution in [0.5, 0.6) is 0 Å². The van der Waals surface area contributed by atoms with E-state index >= 15 is 0 Å². The number of piperidine rings is 1. The molecule has 0 radical (unpaired) electrons. The van der Waals surface area contributed by atoms with Gasteiger partial charge in [-0.25, -0.2) is 0 Å². The first-order valence-electron chi connectivity index (χ1n) is 6.17. The van der Waals surface area contributed by atoms with Crippen LogP contribution in [-0.4, -0.2) is 57.0 Å². The van der Waals surface area contributed by atoms with Crippen molar-refractivity contribution in [2.45, 2.75) is 38.3 Å². The zero-order chi connectivity index (χ0) is 14.8. The van der Waals surface area contributed by atoms with Crippen LogP contribution in [-0.2, 0) is 15.0 Å². The molecule has 1 aromatic rings. The van der Waals surface area contributed by atoms with E-state index in [1.165, 1.54) is 0 Å². The van der Waals surface area contributed by atoms with Crippen molar-refractivity contribution in [2.75, 3.05) is 6.54 Å². The summed E-state index contributed by atoms with van der Waals surface area (Å²) in [5, 5.41) is 22.1. The number of aromatic amines is 1. The number of aliphatic carboxylic acids is 1. The molecular weight excluding hydrogens is 288 g/mol. The van der Waals surface area contributed by atoms with E-state index in [1.54, 1.807) is 6.92 Å². The highest BCUT2D eigenvalue weighted by Gasteiger charge is 2.37. The molecule has 1 aliphatic heterocycles. The first-order valence-corrected chi connectivity index (χ1v) is 7.61. The van der Waals surface area contributed by atoms with Gasteiger partial charge in [-0.05, 0) is 26.2 Å². The molecule has 2 heterocycles. The van der Waals surface area contributed by atoms with Gasteiger partial charge in [-0.2, -0.15) is 22.7 Å². The van der Waals surface area contributed by atoms with Crippen molar-refractivity contribution in [1.82, 2.24) is 29.7 Å². The lowest BCUT2D eigenvalue weighted by Crippen LogP contribution is -2.52. The van der Waals surface area contributed by atoms with Crippen molar-refractivity contribution in [3.8, 4) is 0 Å². The van der Waals surface area contributed by atoms with E-state index in [9.17, 15) is 13.2 Å². The number of aromatic nitrogens is 4. The number of carboxylic acid groups (broad SMARTS) is 1. The summed E-state index contributed by atoms with van der Waals surface area (Å²) in [6.45, 7) is 1.74. The normalized spacial score (nSPS) is 22.6. The fraction of sp³-hybridized carbons (Fsp3) is 0.778. The monoisotopic (exact) mass is 304 g/mol. The Kier molecular flexibility index (Phi) is 4.30. The minimum absolute atomic E-state index is 0.186. The second kappa shape index (κ2) is 5.81. The summed E-state index contributed by atoms with van der Waals surface area (Å²) in [6, 6.07) is -1.73. The molecule has 3 N–H and O–H groups in total. The van der Waals surface area contributed by atoms with Gasteiger partial charge in [0.1, 0.15) is 6.04 Å². The van der Waals surface area contributed by atoms with Crippen LogP contribution in [0.2, 0.25) is 0 Å². The van der Waals surface area contributed by atoms with Crippen LogP contribution in [0.25, 0.3) is 0 Å². The van der Waals surface area contributed by atoms with E-state index in [2.05, 4.69) is 25.3 Å². The molecule has 10 nitrogen and oxygen atoms in total. The van der Waals surface area contributed by atoms with Crippen LogP contribution in [0, 0.1) is 0 Å². The molecule has 2 unspecified atom stereocenters. The molecule has 0 aromatic carbocycles. The Hall–Kier alpha value is -1.59. The predicted molar refractivity (Wildman–Crippen MR) is 66.6 cm³/mol. The minimum Gasteiger partial charge on any atom is -0.480 e. The van der Waals surface area contributed by atoms with Gasteiger partial charge in [0.2, 0.25) is 0 Å². The zero-order valence-corrected chi connectivity index (χ0v) is 11.7. The molecular formula is C9H16N6O4S. The molecule has 0 spiro atoms. The van der Waals surface area contributed by atoms with Gasteiger partial charge in [-0.1, -0.05) is 5.21 Å². The molecule has 112 valence electrons. The van der Waals surface area contributed by atoms with Crippen LogP contribution in [0.1, 0.15) is 38.1 Å². The smallest absolute Gasteiger partial charge is 0.322 e. The van der Waals surface area contributed by atoms with E-state index in [4.69, 9.17) is 5.11 Å². The highest BCUT2D eigenvalue weighted by atomic mass is 32.2. The van der Waals surface area contributed by atoms with Gasteiger partial charge in [0.05, 0.1) is 6.04 Å². The molecule has 1 aromatic heterocycles. The Morgan fingerprint density at radius 2 is 2.30 bits per heavy atom. The lowest BCUT2D eigenvalue weighted by atomic mass is 10.1. The number of rotatable bonds is 5. The van der Waals surface area contributed by atoms with E-state index in [0.717, 1.165) is 4.31 Å². The van der Waals surface area contributed by atoms with Crippen molar-refractivity contribution < 1.29 is 18.3 Å². The van der Waals surface area contributed by atoms with Crippen LogP contribution in [0.3, 0.4) is 0 Å². The number of tetrazole rings is 1. The van der Waals surface area contributed by atoms with E-state index < -0.39 is 28.3 Å². The second-order valence-electron chi connectivity index (χ2n) is 4.58. The molecule has 2 atom stereocenters. The number of nitrogens with zero attached hydrogens (tertiary/aromatic N) is 4. The number of carbonyl (C=O) groups is 1. The fourth-order valence-corrected chi connectivity index (χ4v) is 3.72. The number of H-pyrrole nitrogens is 1. The number of carboxylic acids is 1. The van der Waals surface area contributed by atoms with Crippen LogP contribution >= 0.6 is 0 Å². The van der Waals surface area contributed by atoms with Crippen LogP contribution in [0.4, 0.5) is 0 Å². The van der Waals surface area contributed by atoms with Gasteiger partial charge < -0.3 is 5.11 Å². The van der Waals surface area contributed by atoms with Crippen molar-refractivity contribution in [3.63, 3.8) is 0 Å². The lowest BCUT2D eigenvalue weighted by molar-refractivity contribution is -0.142. The maximum absolute atomic E-state index is 12.3. The molecule has 0 amide bonds. The summed E-state index contributed by atoms with van der Waals surface area (Å²) < 4.78 is 27.9. The standard InChI is InChI=1S/C9H16N6O4S/c1-6(8-10-13-14-11-8)12-20(18,19)15-5-3-2-4-7(15)9(16)17/h6-7,12H,2-5H2,1H3,(H,16,17)(H,10,11,13,14). The number of nitrogens with one attached hydrogen (secondary N) is 2. The van der Waals surface area contributed by atoms with Crippen molar-refractivity contribution in [1.29, 1.82) is 0 Å². The Bertz CT molecular complexity index is 559. The highest BCUT2D eigenvalue weighted by molar-refractivity contribution is 7.87. The molecule has 20 heavy (non-hydrogen) atoms. The zero-order valence-electron chi connectivity index (χ0n) is 10.9. The average molecular weight is 304 g/mol. The molecule has 2 rings (SSSR count). The molecule has 0 bridgehead atoms. The summed E-state index contributed by atoms with van der Waals surface area (Å²) in [5.74, 6) is -0.945. The third-order valence-electron chi connectivity index (χ3n) is 3.12. The molecule has 1 fully saturated rings.